The van der Waals surface area contributed by atoms with Gasteiger partial charge >= 0.3 is 5.97 Å². The standard InChI is InChI=1S/C24H38N2O4/c1-14(2)9-17-13-26-8-7-16-10-21(29-5)22(30-6)11-18(16)20(26)12-19(17)24(25,15(3)4)23(27)28/h10-11,14-15,17,19-20H,7-9,12-13,25H2,1-6H3,(H,27,28)/t17-,19-,20+,24+/m0/s1. The number of carboxylic acids is 1. The van der Waals surface area contributed by atoms with Gasteiger partial charge < -0.3 is 20.3 Å². The molecule has 0 bridgehead atoms. The van der Waals surface area contributed by atoms with Crippen LogP contribution in [0.2, 0.25) is 0 Å². The monoisotopic (exact) mass is 418 g/mol. The van der Waals surface area contributed by atoms with E-state index in [1.54, 1.807) is 14.2 Å². The van der Waals surface area contributed by atoms with E-state index in [0.717, 1.165) is 43.9 Å². The van der Waals surface area contributed by atoms with Crippen LogP contribution in [0.4, 0.5) is 0 Å². The maximum Gasteiger partial charge on any atom is 0.324 e. The second-order valence-electron chi connectivity index (χ2n) is 9.79. The quantitative estimate of drug-likeness (QED) is 0.702. The number of methoxy groups -OCH3 is 2. The number of nitrogens with zero attached hydrogens (tertiary/aromatic N) is 1. The Morgan fingerprint density at radius 2 is 1.87 bits per heavy atom. The van der Waals surface area contributed by atoms with E-state index in [0.29, 0.717) is 5.92 Å². The van der Waals surface area contributed by atoms with Crippen molar-refractivity contribution in [1.29, 1.82) is 0 Å². The molecule has 0 amide bonds. The van der Waals surface area contributed by atoms with E-state index in [1.165, 1.54) is 11.1 Å². The van der Waals surface area contributed by atoms with Crippen molar-refractivity contribution in [3.63, 3.8) is 0 Å². The zero-order valence-corrected chi connectivity index (χ0v) is 19.3. The third kappa shape index (κ3) is 3.92. The van der Waals surface area contributed by atoms with Crippen LogP contribution in [0.25, 0.3) is 0 Å². The number of carbonyl (C=O) groups is 1. The van der Waals surface area contributed by atoms with Gasteiger partial charge in [0.2, 0.25) is 0 Å². The molecule has 1 saturated heterocycles. The van der Waals surface area contributed by atoms with E-state index in [4.69, 9.17) is 15.2 Å². The normalized spacial score (nSPS) is 26.1. The van der Waals surface area contributed by atoms with E-state index in [9.17, 15) is 9.90 Å². The molecule has 2 aliphatic rings. The van der Waals surface area contributed by atoms with Gasteiger partial charge in [0.1, 0.15) is 5.54 Å². The van der Waals surface area contributed by atoms with Gasteiger partial charge in [-0.2, -0.15) is 0 Å². The smallest absolute Gasteiger partial charge is 0.324 e. The lowest BCUT2D eigenvalue weighted by atomic mass is 9.63. The van der Waals surface area contributed by atoms with Crippen molar-refractivity contribution < 1.29 is 19.4 Å². The minimum atomic E-state index is -1.24. The third-order valence-corrected chi connectivity index (χ3v) is 7.34. The van der Waals surface area contributed by atoms with Crippen molar-refractivity contribution in [2.24, 2.45) is 29.4 Å². The van der Waals surface area contributed by atoms with Crippen LogP contribution in [0, 0.1) is 23.7 Å². The Kier molecular flexibility index (Phi) is 6.68. The molecule has 0 spiro atoms. The maximum absolute atomic E-state index is 12.4. The fraction of sp³-hybridized carbons (Fsp3) is 0.708. The Morgan fingerprint density at radius 1 is 1.23 bits per heavy atom. The molecule has 0 saturated carbocycles. The van der Waals surface area contributed by atoms with Gasteiger partial charge in [-0.15, -0.1) is 0 Å². The lowest BCUT2D eigenvalue weighted by molar-refractivity contribution is -0.151. The summed E-state index contributed by atoms with van der Waals surface area (Å²) in [6, 6.07) is 4.32. The molecular formula is C24H38N2O4. The molecule has 0 aliphatic carbocycles. The zero-order valence-electron chi connectivity index (χ0n) is 19.3. The average molecular weight is 419 g/mol. The first-order chi connectivity index (χ1) is 14.1. The molecule has 0 aromatic heterocycles. The summed E-state index contributed by atoms with van der Waals surface area (Å²) in [6.45, 7) is 10.2. The molecule has 2 heterocycles. The zero-order chi connectivity index (χ0) is 22.2. The number of nitrogens with two attached hydrogens (primary N) is 1. The molecule has 30 heavy (non-hydrogen) atoms. The van der Waals surface area contributed by atoms with Gasteiger partial charge in [0.05, 0.1) is 14.2 Å². The van der Waals surface area contributed by atoms with Gasteiger partial charge in [-0.1, -0.05) is 27.7 Å². The first-order valence-corrected chi connectivity index (χ1v) is 11.1. The fourth-order valence-corrected chi connectivity index (χ4v) is 5.70. The molecule has 168 valence electrons. The van der Waals surface area contributed by atoms with Crippen molar-refractivity contribution in [1.82, 2.24) is 4.90 Å². The highest BCUT2D eigenvalue weighted by atomic mass is 16.5. The number of ether oxygens (including phenoxy) is 2. The van der Waals surface area contributed by atoms with E-state index in [2.05, 4.69) is 30.9 Å². The van der Waals surface area contributed by atoms with Crippen molar-refractivity contribution in [2.75, 3.05) is 27.3 Å². The van der Waals surface area contributed by atoms with Crippen molar-refractivity contribution in [3.8, 4) is 11.5 Å². The molecule has 6 nitrogen and oxygen atoms in total. The third-order valence-electron chi connectivity index (χ3n) is 7.34. The van der Waals surface area contributed by atoms with Crippen LogP contribution in [0.1, 0.15) is 57.7 Å². The number of carboxylic acid groups (broad SMARTS) is 1. The van der Waals surface area contributed by atoms with E-state index >= 15 is 0 Å². The number of hydrogen-bond donors (Lipinski definition) is 2. The van der Waals surface area contributed by atoms with Crippen LogP contribution in [0.3, 0.4) is 0 Å². The van der Waals surface area contributed by atoms with Gasteiger partial charge in [0.15, 0.2) is 11.5 Å². The van der Waals surface area contributed by atoms with Crippen LogP contribution in [0.5, 0.6) is 11.5 Å². The van der Waals surface area contributed by atoms with Gasteiger partial charge in [0, 0.05) is 19.1 Å². The lowest BCUT2D eigenvalue weighted by Gasteiger charge is -2.52. The Balaban J connectivity index is 2.04. The first-order valence-electron chi connectivity index (χ1n) is 11.1. The molecule has 1 aromatic carbocycles. The number of rotatable bonds is 7. The number of fused-ring (bicyclic) bond motifs is 3. The highest BCUT2D eigenvalue weighted by Crippen LogP contribution is 2.49. The Bertz CT molecular complexity index is 779. The predicted molar refractivity (Wildman–Crippen MR) is 118 cm³/mol. The first kappa shape index (κ1) is 22.9. The van der Waals surface area contributed by atoms with Crippen LogP contribution in [0.15, 0.2) is 12.1 Å². The minimum absolute atomic E-state index is 0.0855. The second-order valence-corrected chi connectivity index (χ2v) is 9.79. The largest absolute Gasteiger partial charge is 0.493 e. The molecular weight excluding hydrogens is 380 g/mol. The van der Waals surface area contributed by atoms with Gasteiger partial charge in [-0.25, -0.2) is 0 Å². The summed E-state index contributed by atoms with van der Waals surface area (Å²) in [5, 5.41) is 10.2. The number of piperidine rings is 1. The van der Waals surface area contributed by atoms with E-state index in [1.807, 2.05) is 13.8 Å². The summed E-state index contributed by atoms with van der Waals surface area (Å²) < 4.78 is 11.1. The second kappa shape index (κ2) is 8.75. The lowest BCUT2D eigenvalue weighted by Crippen LogP contribution is -2.63. The van der Waals surface area contributed by atoms with Crippen molar-refractivity contribution in [3.05, 3.63) is 23.3 Å². The predicted octanol–water partition coefficient (Wildman–Crippen LogP) is 3.72. The summed E-state index contributed by atoms with van der Waals surface area (Å²) in [4.78, 5) is 14.9. The van der Waals surface area contributed by atoms with Crippen LogP contribution in [-0.2, 0) is 11.2 Å². The SMILES string of the molecule is COc1cc2c(cc1OC)[C@H]1C[C@H]([C@@](N)(C(=O)O)C(C)C)[C@@H](CC(C)C)CN1CC2. The van der Waals surface area contributed by atoms with Crippen molar-refractivity contribution >= 4 is 5.97 Å². The molecule has 1 aromatic rings. The number of benzene rings is 1. The number of hydrogen-bond acceptors (Lipinski definition) is 5. The fourth-order valence-electron chi connectivity index (χ4n) is 5.70. The molecule has 4 atom stereocenters. The molecule has 3 rings (SSSR count). The summed E-state index contributed by atoms with van der Waals surface area (Å²) in [6.07, 6.45) is 2.70. The molecule has 6 heteroatoms. The topological polar surface area (TPSA) is 85.0 Å². The Hall–Kier alpha value is -1.79. The van der Waals surface area contributed by atoms with Gasteiger partial charge in [0.25, 0.3) is 0 Å². The Labute approximate surface area is 180 Å². The molecule has 1 fully saturated rings. The number of aliphatic carboxylic acids is 1. The maximum atomic E-state index is 12.4. The van der Waals surface area contributed by atoms with Crippen molar-refractivity contribution in [2.45, 2.75) is 58.5 Å². The molecule has 0 unspecified atom stereocenters. The summed E-state index contributed by atoms with van der Waals surface area (Å²) in [5.74, 6) is 1.13. The molecule has 3 N–H and O–H groups in total. The van der Waals surface area contributed by atoms with Crippen LogP contribution >= 0.6 is 0 Å². The molecule has 2 aliphatic heterocycles. The minimum Gasteiger partial charge on any atom is -0.493 e. The van der Waals surface area contributed by atoms with Gasteiger partial charge in [-0.05, 0) is 66.2 Å². The summed E-state index contributed by atoms with van der Waals surface area (Å²) in [7, 11) is 3.31. The molecule has 0 radical (unpaired) electrons. The Morgan fingerprint density at radius 3 is 2.40 bits per heavy atom. The highest BCUT2D eigenvalue weighted by Gasteiger charge is 2.52. The summed E-state index contributed by atoms with van der Waals surface area (Å²) in [5.41, 5.74) is 7.96. The average Bonchev–Trinajstić information content (AvgIpc) is 2.70. The summed E-state index contributed by atoms with van der Waals surface area (Å²) >= 11 is 0. The van der Waals surface area contributed by atoms with E-state index < -0.39 is 11.5 Å². The van der Waals surface area contributed by atoms with Crippen LogP contribution < -0.4 is 15.2 Å². The van der Waals surface area contributed by atoms with Gasteiger partial charge in [-0.3, -0.25) is 9.69 Å². The highest BCUT2D eigenvalue weighted by molar-refractivity contribution is 5.79. The van der Waals surface area contributed by atoms with E-state index in [-0.39, 0.29) is 23.8 Å². The van der Waals surface area contributed by atoms with Crippen LogP contribution in [-0.4, -0.2) is 48.8 Å².